The fraction of sp³-hybridized carbons (Fsp3) is 0.222. The van der Waals surface area contributed by atoms with Gasteiger partial charge in [0.05, 0.1) is 5.02 Å². The van der Waals surface area contributed by atoms with Crippen LogP contribution < -0.4 is 0 Å². The van der Waals surface area contributed by atoms with Gasteiger partial charge in [-0.2, -0.15) is 0 Å². The second-order valence-electron chi connectivity index (χ2n) is 3.33. The Hall–Kier alpha value is -1.18. The lowest BCUT2D eigenvalue weighted by atomic mass is 10.1. The molecule has 0 radical (unpaired) electrons. The number of carboxylic acids is 1. The number of benzene rings is 1. The lowest BCUT2D eigenvalue weighted by molar-refractivity contribution is -0.146. The minimum atomic E-state index is -3.86. The van der Waals surface area contributed by atoms with E-state index in [0.29, 0.717) is 6.07 Å². The van der Waals surface area contributed by atoms with Crippen LogP contribution in [0.25, 0.3) is 0 Å². The molecule has 0 bridgehead atoms. The molecular weight excluding hydrogens is 275 g/mol. The zero-order chi connectivity index (χ0) is 13.4. The molecule has 0 spiro atoms. The summed E-state index contributed by atoms with van der Waals surface area (Å²) in [6, 6.07) is 1.53. The first-order valence-electron chi connectivity index (χ1n) is 4.24. The van der Waals surface area contributed by atoms with Crippen LogP contribution in [-0.4, -0.2) is 30.9 Å². The average Bonchev–Trinajstić information content (AvgIpc) is 2.12. The van der Waals surface area contributed by atoms with Crippen molar-refractivity contribution < 1.29 is 27.8 Å². The Balaban J connectivity index is 3.43. The van der Waals surface area contributed by atoms with E-state index >= 15 is 0 Å². The zero-order valence-electron chi connectivity index (χ0n) is 8.52. The van der Waals surface area contributed by atoms with Crippen LogP contribution in [0.5, 0.6) is 0 Å². The summed E-state index contributed by atoms with van der Waals surface area (Å²) in [5.41, 5.74) is -0.326. The zero-order valence-corrected chi connectivity index (χ0v) is 10.1. The summed E-state index contributed by atoms with van der Waals surface area (Å²) in [4.78, 5) is 9.75. The predicted octanol–water partition coefficient (Wildman–Crippen LogP) is 1.00. The number of carbonyl (C=O) groups is 1. The Kier molecular flexibility index (Phi) is 3.75. The van der Waals surface area contributed by atoms with E-state index in [9.17, 15) is 17.6 Å². The molecular formula is C9H8ClFO5S. The third kappa shape index (κ3) is 2.93. The van der Waals surface area contributed by atoms with Gasteiger partial charge in [0.1, 0.15) is 10.7 Å². The third-order valence-corrected chi connectivity index (χ3v) is 3.51. The van der Waals surface area contributed by atoms with Crippen LogP contribution in [-0.2, 0) is 14.6 Å². The summed E-state index contributed by atoms with van der Waals surface area (Å²) in [6.45, 7) is 0. The minimum absolute atomic E-state index is 0.326. The van der Waals surface area contributed by atoms with E-state index in [1.165, 1.54) is 0 Å². The van der Waals surface area contributed by atoms with Crippen molar-refractivity contribution in [2.45, 2.75) is 11.0 Å². The van der Waals surface area contributed by atoms with Crippen molar-refractivity contribution in [3.8, 4) is 0 Å². The molecule has 1 atom stereocenters. The molecule has 94 valence electrons. The first-order valence-corrected chi connectivity index (χ1v) is 6.51. The second kappa shape index (κ2) is 4.59. The number of hydrogen-bond acceptors (Lipinski definition) is 4. The van der Waals surface area contributed by atoms with Gasteiger partial charge in [0.2, 0.25) is 0 Å². The fourth-order valence-corrected chi connectivity index (χ4v) is 2.70. The van der Waals surface area contributed by atoms with Crippen molar-refractivity contribution >= 4 is 27.4 Å². The largest absolute Gasteiger partial charge is 0.479 e. The Labute approximate surface area is 101 Å². The van der Waals surface area contributed by atoms with Gasteiger partial charge in [-0.05, 0) is 17.7 Å². The Bertz CT molecular complexity index is 546. The van der Waals surface area contributed by atoms with E-state index < -0.39 is 37.6 Å². The monoisotopic (exact) mass is 282 g/mol. The van der Waals surface area contributed by atoms with Crippen molar-refractivity contribution in [3.05, 3.63) is 28.5 Å². The molecule has 0 saturated heterocycles. The maximum Gasteiger partial charge on any atom is 0.337 e. The number of aliphatic hydroxyl groups is 1. The summed E-state index contributed by atoms with van der Waals surface area (Å²) in [6.07, 6.45) is -1.19. The van der Waals surface area contributed by atoms with E-state index in [-0.39, 0.29) is 5.56 Å². The van der Waals surface area contributed by atoms with Gasteiger partial charge < -0.3 is 10.2 Å². The highest BCUT2D eigenvalue weighted by atomic mass is 35.5. The molecule has 0 aromatic heterocycles. The second-order valence-corrected chi connectivity index (χ2v) is 5.69. The van der Waals surface area contributed by atoms with Gasteiger partial charge in [0, 0.05) is 6.26 Å². The molecule has 0 amide bonds. The predicted molar refractivity (Wildman–Crippen MR) is 57.1 cm³/mol. The first-order chi connectivity index (χ1) is 7.64. The van der Waals surface area contributed by atoms with E-state index in [1.807, 2.05) is 0 Å². The molecule has 1 rings (SSSR count). The molecule has 0 heterocycles. The Morgan fingerprint density at radius 1 is 1.47 bits per heavy atom. The molecule has 2 N–H and O–H groups in total. The van der Waals surface area contributed by atoms with E-state index in [2.05, 4.69) is 0 Å². The Morgan fingerprint density at radius 3 is 2.35 bits per heavy atom. The molecule has 8 heteroatoms. The van der Waals surface area contributed by atoms with Crippen LogP contribution >= 0.6 is 11.6 Å². The van der Waals surface area contributed by atoms with Crippen LogP contribution in [0.1, 0.15) is 11.7 Å². The number of aliphatic hydroxyl groups excluding tert-OH is 1. The number of aliphatic carboxylic acids is 1. The van der Waals surface area contributed by atoms with Crippen LogP contribution in [0, 0.1) is 5.82 Å². The summed E-state index contributed by atoms with van der Waals surface area (Å²) in [5.74, 6) is -2.79. The van der Waals surface area contributed by atoms with Gasteiger partial charge in [0.15, 0.2) is 15.9 Å². The van der Waals surface area contributed by atoms with Gasteiger partial charge in [-0.3, -0.25) is 0 Å². The van der Waals surface area contributed by atoms with Gasteiger partial charge in [0.25, 0.3) is 0 Å². The van der Waals surface area contributed by atoms with Crippen LogP contribution in [0.4, 0.5) is 4.39 Å². The van der Waals surface area contributed by atoms with Gasteiger partial charge in [-0.15, -0.1) is 0 Å². The molecule has 0 aliphatic heterocycles. The molecule has 5 nitrogen and oxygen atoms in total. The number of sulfone groups is 1. The third-order valence-electron chi connectivity index (χ3n) is 1.94. The highest BCUT2D eigenvalue weighted by molar-refractivity contribution is 7.90. The summed E-state index contributed by atoms with van der Waals surface area (Å²) < 4.78 is 35.8. The molecule has 1 unspecified atom stereocenters. The molecule has 0 aliphatic rings. The molecule has 0 saturated carbocycles. The highest BCUT2D eigenvalue weighted by Gasteiger charge is 2.23. The highest BCUT2D eigenvalue weighted by Crippen LogP contribution is 2.28. The number of rotatable bonds is 3. The Morgan fingerprint density at radius 2 is 2.00 bits per heavy atom. The fourth-order valence-electron chi connectivity index (χ4n) is 1.23. The van der Waals surface area contributed by atoms with Crippen molar-refractivity contribution in [3.63, 3.8) is 0 Å². The van der Waals surface area contributed by atoms with Gasteiger partial charge in [-0.25, -0.2) is 17.6 Å². The lowest BCUT2D eigenvalue weighted by Crippen LogP contribution is -2.12. The van der Waals surface area contributed by atoms with Crippen LogP contribution in [0.3, 0.4) is 0 Å². The number of carboxylic acid groups (broad SMARTS) is 1. The van der Waals surface area contributed by atoms with Crippen molar-refractivity contribution in [1.82, 2.24) is 0 Å². The maximum absolute atomic E-state index is 13.5. The maximum atomic E-state index is 13.5. The standard InChI is InChI=1S/C9H8ClFO5S/c1-17(15,16)8-5(10)2-4(3-6(8)11)7(12)9(13)14/h2-3,7,12H,1H3,(H,13,14). The molecule has 0 aliphatic carbocycles. The number of halogens is 2. The average molecular weight is 283 g/mol. The number of hydrogen-bond donors (Lipinski definition) is 2. The lowest BCUT2D eigenvalue weighted by Gasteiger charge is -2.09. The van der Waals surface area contributed by atoms with Gasteiger partial charge >= 0.3 is 5.97 Å². The first kappa shape index (κ1) is 13.9. The minimum Gasteiger partial charge on any atom is -0.479 e. The van der Waals surface area contributed by atoms with Crippen LogP contribution in [0.15, 0.2) is 17.0 Å². The normalized spacial score (nSPS) is 13.4. The van der Waals surface area contributed by atoms with E-state index in [4.69, 9.17) is 21.8 Å². The molecule has 0 fully saturated rings. The topological polar surface area (TPSA) is 91.7 Å². The smallest absolute Gasteiger partial charge is 0.337 e. The van der Waals surface area contributed by atoms with Crippen molar-refractivity contribution in [2.24, 2.45) is 0 Å². The summed E-state index contributed by atoms with van der Waals surface area (Å²) >= 11 is 5.54. The van der Waals surface area contributed by atoms with Gasteiger partial charge in [-0.1, -0.05) is 11.6 Å². The SMILES string of the molecule is CS(=O)(=O)c1c(F)cc(C(O)C(=O)O)cc1Cl. The van der Waals surface area contributed by atoms with E-state index in [1.54, 1.807) is 0 Å². The molecule has 1 aromatic rings. The molecule has 17 heavy (non-hydrogen) atoms. The quantitative estimate of drug-likeness (QED) is 0.863. The summed E-state index contributed by atoms with van der Waals surface area (Å²) in [5, 5.41) is 17.2. The van der Waals surface area contributed by atoms with Crippen molar-refractivity contribution in [2.75, 3.05) is 6.26 Å². The van der Waals surface area contributed by atoms with Crippen molar-refractivity contribution in [1.29, 1.82) is 0 Å². The van der Waals surface area contributed by atoms with Crippen LogP contribution in [0.2, 0.25) is 5.02 Å². The molecule has 1 aromatic carbocycles. The van der Waals surface area contributed by atoms with E-state index in [0.717, 1.165) is 12.3 Å². The summed E-state index contributed by atoms with van der Waals surface area (Å²) in [7, 11) is -3.86.